The van der Waals surface area contributed by atoms with Crippen molar-refractivity contribution >= 4 is 6.09 Å². The van der Waals surface area contributed by atoms with E-state index < -0.39 is 17.2 Å². The Morgan fingerprint density at radius 3 is 2.50 bits per heavy atom. The normalized spacial score (nSPS) is 12.3. The molecular formula is C13H25N5O2. The SMILES string of the molecule is Cn1cc(CNCC(C)(C)NC(=O)OC(C)(C)C)nn1. The van der Waals surface area contributed by atoms with Crippen LogP contribution in [0.1, 0.15) is 40.3 Å². The summed E-state index contributed by atoms with van der Waals surface area (Å²) >= 11 is 0. The highest BCUT2D eigenvalue weighted by Gasteiger charge is 2.24. The van der Waals surface area contributed by atoms with Crippen LogP contribution in [-0.2, 0) is 18.3 Å². The van der Waals surface area contributed by atoms with Crippen LogP contribution in [0.3, 0.4) is 0 Å². The van der Waals surface area contributed by atoms with Crippen LogP contribution in [0.4, 0.5) is 4.79 Å². The Bertz CT molecular complexity index is 448. The molecule has 114 valence electrons. The lowest BCUT2D eigenvalue weighted by molar-refractivity contribution is 0.0472. The van der Waals surface area contributed by atoms with Crippen molar-refractivity contribution in [3.05, 3.63) is 11.9 Å². The Balaban J connectivity index is 2.35. The highest BCUT2D eigenvalue weighted by atomic mass is 16.6. The minimum atomic E-state index is -0.493. The third-order valence-corrected chi connectivity index (χ3v) is 2.36. The van der Waals surface area contributed by atoms with Crippen molar-refractivity contribution in [2.75, 3.05) is 6.54 Å². The third kappa shape index (κ3) is 6.51. The predicted octanol–water partition coefficient (Wildman–Crippen LogP) is 1.21. The molecule has 0 saturated carbocycles. The van der Waals surface area contributed by atoms with E-state index in [4.69, 9.17) is 4.74 Å². The molecule has 0 aliphatic heterocycles. The summed E-state index contributed by atoms with van der Waals surface area (Å²) in [7, 11) is 1.82. The first-order chi connectivity index (χ1) is 9.07. The van der Waals surface area contributed by atoms with Crippen molar-refractivity contribution in [2.24, 2.45) is 7.05 Å². The summed E-state index contributed by atoms with van der Waals surface area (Å²) in [4.78, 5) is 11.7. The molecule has 7 nitrogen and oxygen atoms in total. The molecule has 1 aromatic heterocycles. The summed E-state index contributed by atoms with van der Waals surface area (Å²) < 4.78 is 6.89. The summed E-state index contributed by atoms with van der Waals surface area (Å²) in [6.07, 6.45) is 1.44. The quantitative estimate of drug-likeness (QED) is 0.849. The fourth-order valence-corrected chi connectivity index (χ4v) is 1.60. The summed E-state index contributed by atoms with van der Waals surface area (Å²) in [5, 5.41) is 13.9. The Labute approximate surface area is 120 Å². The number of carbonyl (C=O) groups excluding carboxylic acids is 1. The van der Waals surface area contributed by atoms with E-state index in [0.717, 1.165) is 5.69 Å². The number of aryl methyl sites for hydroxylation is 1. The Kier molecular flexibility index (Phi) is 5.10. The van der Waals surface area contributed by atoms with Gasteiger partial charge in [-0.2, -0.15) is 0 Å². The topological polar surface area (TPSA) is 81.1 Å². The summed E-state index contributed by atoms with van der Waals surface area (Å²) in [6.45, 7) is 10.6. The van der Waals surface area contributed by atoms with E-state index in [-0.39, 0.29) is 0 Å². The van der Waals surface area contributed by atoms with Crippen molar-refractivity contribution in [1.29, 1.82) is 0 Å². The number of ether oxygens (including phenoxy) is 1. The molecule has 0 radical (unpaired) electrons. The van der Waals surface area contributed by atoms with Gasteiger partial charge in [0.2, 0.25) is 0 Å². The maximum atomic E-state index is 11.7. The third-order valence-electron chi connectivity index (χ3n) is 2.36. The van der Waals surface area contributed by atoms with Gasteiger partial charge in [-0.1, -0.05) is 5.21 Å². The number of carbonyl (C=O) groups is 1. The van der Waals surface area contributed by atoms with Crippen LogP contribution in [-0.4, -0.2) is 38.8 Å². The second kappa shape index (κ2) is 6.21. The first-order valence-corrected chi connectivity index (χ1v) is 6.64. The van der Waals surface area contributed by atoms with Gasteiger partial charge in [-0.05, 0) is 34.6 Å². The molecule has 1 aromatic rings. The molecule has 0 aliphatic rings. The predicted molar refractivity (Wildman–Crippen MR) is 76.2 cm³/mol. The van der Waals surface area contributed by atoms with Crippen LogP contribution < -0.4 is 10.6 Å². The van der Waals surface area contributed by atoms with Crippen LogP contribution in [0, 0.1) is 0 Å². The maximum absolute atomic E-state index is 11.7. The highest BCUT2D eigenvalue weighted by molar-refractivity contribution is 5.68. The van der Waals surface area contributed by atoms with Crippen LogP contribution in [0.15, 0.2) is 6.20 Å². The van der Waals surface area contributed by atoms with E-state index >= 15 is 0 Å². The van der Waals surface area contributed by atoms with Crippen LogP contribution in [0.2, 0.25) is 0 Å². The minimum absolute atomic E-state index is 0.412. The van der Waals surface area contributed by atoms with Crippen molar-refractivity contribution in [3.63, 3.8) is 0 Å². The number of alkyl carbamates (subject to hydrolysis) is 1. The minimum Gasteiger partial charge on any atom is -0.444 e. The van der Waals surface area contributed by atoms with Gasteiger partial charge in [-0.3, -0.25) is 4.68 Å². The van der Waals surface area contributed by atoms with Gasteiger partial charge < -0.3 is 15.4 Å². The number of aromatic nitrogens is 3. The molecule has 0 spiro atoms. The summed E-state index contributed by atoms with van der Waals surface area (Å²) in [6, 6.07) is 0. The molecule has 0 aromatic carbocycles. The Morgan fingerprint density at radius 2 is 2.00 bits per heavy atom. The Morgan fingerprint density at radius 1 is 1.35 bits per heavy atom. The van der Waals surface area contributed by atoms with Gasteiger partial charge in [0.1, 0.15) is 5.60 Å². The number of nitrogens with one attached hydrogen (secondary N) is 2. The number of hydrogen-bond acceptors (Lipinski definition) is 5. The van der Waals surface area contributed by atoms with Gasteiger partial charge in [-0.15, -0.1) is 5.10 Å². The van der Waals surface area contributed by atoms with E-state index in [2.05, 4.69) is 20.9 Å². The zero-order valence-electron chi connectivity index (χ0n) is 13.1. The molecule has 7 heteroatoms. The molecule has 0 saturated heterocycles. The lowest BCUT2D eigenvalue weighted by atomic mass is 10.1. The molecule has 0 unspecified atom stereocenters. The molecule has 0 bridgehead atoms. The number of nitrogens with zero attached hydrogens (tertiary/aromatic N) is 3. The number of amides is 1. The average Bonchev–Trinajstić information content (AvgIpc) is 2.59. The second-order valence-corrected chi connectivity index (χ2v) is 6.50. The molecule has 1 heterocycles. The summed E-state index contributed by atoms with van der Waals surface area (Å²) in [5.41, 5.74) is -0.0434. The first-order valence-electron chi connectivity index (χ1n) is 6.64. The molecular weight excluding hydrogens is 258 g/mol. The average molecular weight is 283 g/mol. The largest absolute Gasteiger partial charge is 0.444 e. The highest BCUT2D eigenvalue weighted by Crippen LogP contribution is 2.09. The van der Waals surface area contributed by atoms with Crippen molar-refractivity contribution in [3.8, 4) is 0 Å². The zero-order valence-corrected chi connectivity index (χ0v) is 13.1. The maximum Gasteiger partial charge on any atom is 0.408 e. The smallest absolute Gasteiger partial charge is 0.408 e. The fraction of sp³-hybridized carbons (Fsp3) is 0.769. The van der Waals surface area contributed by atoms with E-state index in [1.54, 1.807) is 4.68 Å². The second-order valence-electron chi connectivity index (χ2n) is 6.50. The van der Waals surface area contributed by atoms with E-state index in [1.807, 2.05) is 47.9 Å². The first kappa shape index (κ1) is 16.4. The molecule has 2 N–H and O–H groups in total. The van der Waals surface area contributed by atoms with Gasteiger partial charge >= 0.3 is 6.09 Å². The molecule has 0 aliphatic carbocycles. The van der Waals surface area contributed by atoms with Crippen molar-refractivity contribution < 1.29 is 9.53 Å². The van der Waals surface area contributed by atoms with E-state index in [0.29, 0.717) is 13.1 Å². The molecule has 0 fully saturated rings. The van der Waals surface area contributed by atoms with Gasteiger partial charge in [0.05, 0.1) is 11.2 Å². The van der Waals surface area contributed by atoms with Gasteiger partial charge in [-0.25, -0.2) is 4.79 Å². The van der Waals surface area contributed by atoms with Gasteiger partial charge in [0, 0.05) is 26.3 Å². The van der Waals surface area contributed by atoms with Gasteiger partial charge in [0.25, 0.3) is 0 Å². The van der Waals surface area contributed by atoms with E-state index in [9.17, 15) is 4.79 Å². The number of rotatable bonds is 5. The van der Waals surface area contributed by atoms with Gasteiger partial charge in [0.15, 0.2) is 0 Å². The molecule has 20 heavy (non-hydrogen) atoms. The summed E-state index contributed by atoms with van der Waals surface area (Å²) in [5.74, 6) is 0. The van der Waals surface area contributed by atoms with Crippen LogP contribution in [0.25, 0.3) is 0 Å². The molecule has 1 amide bonds. The number of hydrogen-bond donors (Lipinski definition) is 2. The Hall–Kier alpha value is -1.63. The van der Waals surface area contributed by atoms with Crippen molar-refractivity contribution in [1.82, 2.24) is 25.6 Å². The van der Waals surface area contributed by atoms with E-state index in [1.165, 1.54) is 0 Å². The lowest BCUT2D eigenvalue weighted by Crippen LogP contribution is -2.51. The molecule has 1 rings (SSSR count). The fourth-order valence-electron chi connectivity index (χ4n) is 1.60. The monoisotopic (exact) mass is 283 g/mol. The van der Waals surface area contributed by atoms with Crippen molar-refractivity contribution in [2.45, 2.75) is 52.3 Å². The standard InChI is InChI=1S/C13H25N5O2/c1-12(2,3)20-11(19)15-13(4,5)9-14-7-10-8-18(6)17-16-10/h8,14H,7,9H2,1-6H3,(H,15,19). The van der Waals surface area contributed by atoms with Crippen LogP contribution in [0.5, 0.6) is 0 Å². The zero-order chi connectivity index (χ0) is 15.4. The molecule has 0 atom stereocenters. The van der Waals surface area contributed by atoms with Crippen LogP contribution >= 0.6 is 0 Å². The lowest BCUT2D eigenvalue weighted by Gasteiger charge is -2.28.